The minimum Gasteiger partial charge on any atom is -0.288 e. The number of benzene rings is 1. The Labute approximate surface area is 519 Å². The monoisotopic (exact) mass is 1250 g/mol. The zero-order chi connectivity index (χ0) is 57.9. The van der Waals surface area contributed by atoms with Crippen LogP contribution in [0.5, 0.6) is 0 Å². The Morgan fingerprint density at radius 1 is 0.366 bits per heavy atom. The lowest BCUT2D eigenvalue weighted by molar-refractivity contribution is 0.0980. The average Bonchev–Trinajstić information content (AvgIpc) is 2.16. The predicted octanol–water partition coefficient (Wildman–Crippen LogP) is 25.5. The second-order valence-corrected chi connectivity index (χ2v) is 32.6. The first-order chi connectivity index (χ1) is 39.8. The molecule has 0 N–H and O–H groups in total. The molecule has 1 aliphatic rings. The van der Waals surface area contributed by atoms with Crippen molar-refractivity contribution in [3.63, 3.8) is 0 Å². The Kier molecular flexibility index (Phi) is 20.7. The van der Waals surface area contributed by atoms with Gasteiger partial charge in [0.25, 0.3) is 0 Å². The van der Waals surface area contributed by atoms with Crippen LogP contribution >= 0.6 is 90.7 Å². The predicted molar refractivity (Wildman–Crippen MR) is 362 cm³/mol. The van der Waals surface area contributed by atoms with Crippen molar-refractivity contribution >= 4 is 122 Å². The van der Waals surface area contributed by atoms with Crippen molar-refractivity contribution in [1.29, 1.82) is 0 Å². The highest BCUT2D eigenvalue weighted by molar-refractivity contribution is 7.31. The summed E-state index contributed by atoms with van der Waals surface area (Å²) < 4.78 is 35.2. The van der Waals surface area contributed by atoms with Crippen molar-refractivity contribution in [2.24, 2.45) is 23.7 Å². The first kappa shape index (κ1) is 61.6. The van der Waals surface area contributed by atoms with Crippen LogP contribution < -0.4 is 0 Å². The lowest BCUT2D eigenvalue weighted by atomic mass is 9.81. The van der Waals surface area contributed by atoms with Crippen LogP contribution in [0.15, 0.2) is 48.5 Å². The minimum absolute atomic E-state index is 0.0117. The number of rotatable bonds is 29. The maximum absolute atomic E-state index is 16.5. The third-order valence-electron chi connectivity index (χ3n) is 17.6. The van der Waals surface area contributed by atoms with Crippen LogP contribution in [0.3, 0.4) is 0 Å². The van der Waals surface area contributed by atoms with E-state index in [0.29, 0.717) is 45.9 Å². The summed E-state index contributed by atoms with van der Waals surface area (Å²) in [6.45, 7) is 22.2. The third kappa shape index (κ3) is 12.6. The van der Waals surface area contributed by atoms with Crippen LogP contribution in [-0.4, -0.2) is 11.6 Å². The van der Waals surface area contributed by atoms with Gasteiger partial charge < -0.3 is 0 Å². The maximum Gasteiger partial charge on any atom is 0.197 e. The highest BCUT2D eigenvalue weighted by Crippen LogP contribution is 2.57. The van der Waals surface area contributed by atoms with E-state index in [2.05, 4.69) is 106 Å². The van der Waals surface area contributed by atoms with Gasteiger partial charge in [-0.05, 0) is 112 Å². The number of carbonyl (C=O) groups is 2. The van der Waals surface area contributed by atoms with Crippen LogP contribution in [0.4, 0.5) is 8.78 Å². The van der Waals surface area contributed by atoms with E-state index in [9.17, 15) is 0 Å². The van der Waals surface area contributed by atoms with Crippen LogP contribution in [-0.2, 0) is 25.7 Å². The van der Waals surface area contributed by atoms with Crippen LogP contribution in [0.2, 0.25) is 0 Å². The van der Waals surface area contributed by atoms with E-state index in [1.165, 1.54) is 9.75 Å². The summed E-state index contributed by atoms with van der Waals surface area (Å²) in [6, 6.07) is 16.8. The number of unbranched alkanes of at least 4 members (excludes halogenated alkanes) is 4. The molecular formula is C70H82F2O2S8. The Morgan fingerprint density at radius 3 is 1.22 bits per heavy atom. The van der Waals surface area contributed by atoms with Gasteiger partial charge in [0.15, 0.2) is 11.6 Å². The van der Waals surface area contributed by atoms with E-state index in [1.807, 2.05) is 0 Å². The summed E-state index contributed by atoms with van der Waals surface area (Å²) in [7, 11) is 0. The van der Waals surface area contributed by atoms with Gasteiger partial charge in [0.2, 0.25) is 0 Å². The topological polar surface area (TPSA) is 34.1 Å². The average molecular weight is 1250 g/mol. The molecule has 10 rings (SSSR count). The van der Waals surface area contributed by atoms with Crippen molar-refractivity contribution in [3.05, 3.63) is 112 Å². The van der Waals surface area contributed by atoms with Gasteiger partial charge >= 0.3 is 0 Å². The van der Waals surface area contributed by atoms with Gasteiger partial charge in [0, 0.05) is 101 Å². The number of carbonyl (C=O) groups excluding carboxylic acids is 2. The summed E-state index contributed by atoms with van der Waals surface area (Å²) in [6.07, 6.45) is 20.9. The molecule has 8 heterocycles. The van der Waals surface area contributed by atoms with Gasteiger partial charge in [-0.15, -0.1) is 90.7 Å². The fourth-order valence-corrected chi connectivity index (χ4v) is 22.5. The molecule has 82 heavy (non-hydrogen) atoms. The van der Waals surface area contributed by atoms with Crippen molar-refractivity contribution in [2.75, 3.05) is 0 Å². The Balaban J connectivity index is 1.14. The number of hydrogen-bond donors (Lipinski definition) is 0. The fourth-order valence-electron chi connectivity index (χ4n) is 12.6. The standard InChI is InChI=1S/C70H82F2O2S8/c1-11-19-23-41(15-5)32-52-47(71)37-57(78-52)59-45-31-40(10)76-67(45)60(58-38-48(72)53(79-58)33-42(16-6)24-20-12-2)46-36-54(81-68(46)59)49-29-30-51(77-49)70-64-63(69(82-70)50-28-27-39(9)75-50)65(73)61-55(34-43(17-7)25-21-13-3)80-56(62(61)66(64)74)35-44(18-8)26-22-14-4/h27-31,36-38,41-44H,11-26,32-35H2,1-10H3. The van der Waals surface area contributed by atoms with Crippen molar-refractivity contribution in [2.45, 2.75) is 198 Å². The minimum atomic E-state index is -0.119. The molecule has 0 saturated carbocycles. The van der Waals surface area contributed by atoms with Gasteiger partial charge in [-0.25, -0.2) is 8.78 Å². The zero-order valence-corrected chi connectivity index (χ0v) is 56.4. The molecule has 0 bridgehead atoms. The fraction of sp³-hybridized carbons (Fsp3) is 0.486. The molecule has 1 aliphatic carbocycles. The smallest absolute Gasteiger partial charge is 0.197 e. The first-order valence-electron chi connectivity index (χ1n) is 30.9. The molecule has 9 aromatic rings. The normalized spacial score (nSPS) is 14.2. The van der Waals surface area contributed by atoms with Gasteiger partial charge in [-0.2, -0.15) is 0 Å². The second kappa shape index (κ2) is 27.5. The summed E-state index contributed by atoms with van der Waals surface area (Å²) >= 11 is 13.5. The largest absolute Gasteiger partial charge is 0.288 e. The first-order valence-corrected chi connectivity index (χ1v) is 37.4. The molecule has 4 atom stereocenters. The third-order valence-corrected chi connectivity index (χ3v) is 27.2. The number of hydrogen-bond acceptors (Lipinski definition) is 10. The van der Waals surface area contributed by atoms with Crippen molar-refractivity contribution < 1.29 is 18.4 Å². The van der Waals surface area contributed by atoms with Crippen molar-refractivity contribution in [1.82, 2.24) is 0 Å². The van der Waals surface area contributed by atoms with E-state index in [0.717, 1.165) is 218 Å². The number of ketones is 2. The van der Waals surface area contributed by atoms with Crippen molar-refractivity contribution in [3.8, 4) is 50.1 Å². The zero-order valence-electron chi connectivity index (χ0n) is 49.9. The van der Waals surface area contributed by atoms with Crippen LogP contribution in [0, 0.1) is 49.2 Å². The maximum atomic E-state index is 16.5. The Morgan fingerprint density at radius 2 is 0.780 bits per heavy atom. The highest BCUT2D eigenvalue weighted by atomic mass is 32.1. The summed E-state index contributed by atoms with van der Waals surface area (Å²) in [4.78, 5) is 45.7. The number of aryl methyl sites for hydroxylation is 2. The molecule has 4 unspecified atom stereocenters. The second-order valence-electron chi connectivity index (χ2n) is 23.4. The van der Waals surface area contributed by atoms with E-state index < -0.39 is 0 Å². The molecule has 0 spiro atoms. The molecule has 0 saturated heterocycles. The molecule has 1 aromatic carbocycles. The number of fused-ring (bicyclic) bond motifs is 4. The van der Waals surface area contributed by atoms with Crippen LogP contribution in [0.25, 0.3) is 70.3 Å². The Bertz CT molecular complexity index is 3570. The van der Waals surface area contributed by atoms with E-state index in [1.54, 1.807) is 103 Å². The quantitative estimate of drug-likeness (QED) is 0.0468. The SMILES string of the molecule is CCCCC(CC)Cc1sc(-c2c3cc(-c4ccc(-c5sc(-c6ccc(C)s6)c6c5C(=O)c5c(CC(CC)CCCC)sc(CC(CC)CCCC)c5C6=O)s4)sc3c(-c3cc(F)c(CC(CC)CCCC)s3)c3cc(C)sc23)cc1F. The summed E-state index contributed by atoms with van der Waals surface area (Å²) in [5.41, 5.74) is 4.66. The van der Waals surface area contributed by atoms with Gasteiger partial charge in [0.1, 0.15) is 11.6 Å². The molecule has 2 nitrogen and oxygen atoms in total. The molecule has 12 heteroatoms. The molecule has 8 aromatic heterocycles. The van der Waals surface area contributed by atoms with Gasteiger partial charge in [0.05, 0.1) is 20.9 Å². The number of halogens is 2. The van der Waals surface area contributed by atoms with Crippen LogP contribution in [0.1, 0.15) is 219 Å². The molecule has 0 fully saturated rings. The molecule has 436 valence electrons. The van der Waals surface area contributed by atoms with E-state index >= 15 is 18.4 Å². The van der Waals surface area contributed by atoms with E-state index in [-0.39, 0.29) is 23.2 Å². The lowest BCUT2D eigenvalue weighted by Gasteiger charge is -2.19. The van der Waals surface area contributed by atoms with Gasteiger partial charge in [-0.3, -0.25) is 9.59 Å². The van der Waals surface area contributed by atoms with E-state index in [4.69, 9.17) is 0 Å². The lowest BCUT2D eigenvalue weighted by Crippen LogP contribution is -2.22. The molecule has 0 aliphatic heterocycles. The highest BCUT2D eigenvalue weighted by Gasteiger charge is 2.42. The number of thiophene rings is 8. The summed E-state index contributed by atoms with van der Waals surface area (Å²) in [5.74, 6) is 1.57. The molecular weight excluding hydrogens is 1170 g/mol. The molecule has 0 radical (unpaired) electrons. The molecule has 0 amide bonds. The van der Waals surface area contributed by atoms with Gasteiger partial charge in [-0.1, -0.05) is 158 Å². The summed E-state index contributed by atoms with van der Waals surface area (Å²) in [5, 5.41) is 2.17. The Hall–Kier alpha value is -3.46.